The summed E-state index contributed by atoms with van der Waals surface area (Å²) in [6.45, 7) is 6.22. The molecule has 1 aromatic carbocycles. The second-order valence-electron chi connectivity index (χ2n) is 4.24. The highest BCUT2D eigenvalue weighted by atomic mass is 14.3. The third-order valence-corrected chi connectivity index (χ3v) is 3.31. The fraction of sp³-hybridized carbons (Fsp3) is 0.375. The summed E-state index contributed by atoms with van der Waals surface area (Å²) in [4.78, 5) is 0. The van der Waals surface area contributed by atoms with E-state index in [1.165, 1.54) is 41.5 Å². The molecule has 0 atom stereocenters. The molecule has 0 nitrogen and oxygen atoms in total. The van der Waals surface area contributed by atoms with Gasteiger partial charge in [0, 0.05) is 0 Å². The van der Waals surface area contributed by atoms with E-state index < -0.39 is 0 Å². The third kappa shape index (κ3) is 1.73. The number of aryl methyl sites for hydroxylation is 1. The SMILES string of the molecule is CC.Cc1cccc2c1C1=C(CCC=C1)C2. The monoisotopic (exact) mass is 212 g/mol. The Kier molecular flexibility index (Phi) is 3.28. The van der Waals surface area contributed by atoms with Gasteiger partial charge in [0.2, 0.25) is 0 Å². The minimum Gasteiger partial charge on any atom is -0.0836 e. The van der Waals surface area contributed by atoms with Crippen LogP contribution in [0.3, 0.4) is 0 Å². The fourth-order valence-corrected chi connectivity index (χ4v) is 2.65. The lowest BCUT2D eigenvalue weighted by molar-refractivity contribution is 0.935. The first kappa shape index (κ1) is 11.2. The molecule has 2 aliphatic carbocycles. The van der Waals surface area contributed by atoms with Gasteiger partial charge in [-0.05, 0) is 48.4 Å². The highest BCUT2D eigenvalue weighted by Crippen LogP contribution is 2.39. The average molecular weight is 212 g/mol. The van der Waals surface area contributed by atoms with Crippen molar-refractivity contribution in [2.45, 2.75) is 40.0 Å². The van der Waals surface area contributed by atoms with Crippen LogP contribution < -0.4 is 0 Å². The van der Waals surface area contributed by atoms with Crippen molar-refractivity contribution in [2.24, 2.45) is 0 Å². The van der Waals surface area contributed by atoms with Gasteiger partial charge in [-0.15, -0.1) is 0 Å². The first-order valence-corrected chi connectivity index (χ1v) is 6.33. The number of allylic oxidation sites excluding steroid dienone is 4. The minimum absolute atomic E-state index is 1.19. The van der Waals surface area contributed by atoms with Crippen LogP contribution in [0.5, 0.6) is 0 Å². The van der Waals surface area contributed by atoms with Crippen LogP contribution in [0.2, 0.25) is 0 Å². The molecule has 3 rings (SSSR count). The van der Waals surface area contributed by atoms with E-state index in [0.29, 0.717) is 0 Å². The van der Waals surface area contributed by atoms with Gasteiger partial charge >= 0.3 is 0 Å². The molecule has 0 unspecified atom stereocenters. The second-order valence-corrected chi connectivity index (χ2v) is 4.24. The van der Waals surface area contributed by atoms with E-state index in [0.717, 1.165) is 0 Å². The molecule has 84 valence electrons. The summed E-state index contributed by atoms with van der Waals surface area (Å²) < 4.78 is 0. The lowest BCUT2D eigenvalue weighted by Crippen LogP contribution is -1.89. The van der Waals surface area contributed by atoms with Crippen molar-refractivity contribution < 1.29 is 0 Å². The van der Waals surface area contributed by atoms with E-state index in [1.54, 1.807) is 5.57 Å². The first-order chi connectivity index (χ1) is 7.86. The molecule has 0 heteroatoms. The van der Waals surface area contributed by atoms with Gasteiger partial charge in [0.1, 0.15) is 0 Å². The van der Waals surface area contributed by atoms with Gasteiger partial charge in [-0.2, -0.15) is 0 Å². The molecule has 16 heavy (non-hydrogen) atoms. The zero-order valence-corrected chi connectivity index (χ0v) is 10.5. The van der Waals surface area contributed by atoms with E-state index in [2.05, 4.69) is 37.3 Å². The number of fused-ring (bicyclic) bond motifs is 2. The quantitative estimate of drug-likeness (QED) is 0.585. The maximum atomic E-state index is 2.32. The number of hydrogen-bond acceptors (Lipinski definition) is 0. The molecule has 2 aliphatic rings. The Balaban J connectivity index is 0.000000457. The molecule has 0 saturated carbocycles. The molecule has 0 N–H and O–H groups in total. The molecule has 1 aromatic rings. The summed E-state index contributed by atoms with van der Waals surface area (Å²) in [6.07, 6.45) is 8.31. The zero-order valence-electron chi connectivity index (χ0n) is 10.5. The molecule has 0 amide bonds. The van der Waals surface area contributed by atoms with Gasteiger partial charge in [0.15, 0.2) is 0 Å². The molecule has 0 aliphatic heterocycles. The first-order valence-electron chi connectivity index (χ1n) is 6.33. The van der Waals surface area contributed by atoms with Crippen molar-refractivity contribution in [3.63, 3.8) is 0 Å². The van der Waals surface area contributed by atoms with Crippen LogP contribution in [-0.2, 0) is 6.42 Å². The van der Waals surface area contributed by atoms with Crippen LogP contribution in [0, 0.1) is 6.92 Å². The van der Waals surface area contributed by atoms with E-state index in [1.807, 2.05) is 13.8 Å². The van der Waals surface area contributed by atoms with Gasteiger partial charge < -0.3 is 0 Å². The van der Waals surface area contributed by atoms with Crippen LogP contribution in [-0.4, -0.2) is 0 Å². The van der Waals surface area contributed by atoms with Gasteiger partial charge in [0.25, 0.3) is 0 Å². The molecule has 0 heterocycles. The number of rotatable bonds is 0. The standard InChI is InChI=1S/C14H14.C2H6/c1-10-5-4-7-12-9-11-6-2-3-8-13(11)14(10)12;1-2/h3-5,7-8H,2,6,9H2,1H3;1-2H3. The minimum atomic E-state index is 1.19. The predicted molar refractivity (Wildman–Crippen MR) is 71.5 cm³/mol. The summed E-state index contributed by atoms with van der Waals surface area (Å²) in [5.41, 5.74) is 7.64. The molecular weight excluding hydrogens is 192 g/mol. The van der Waals surface area contributed by atoms with Crippen molar-refractivity contribution >= 4 is 5.57 Å². The summed E-state index contributed by atoms with van der Waals surface area (Å²) in [6, 6.07) is 6.67. The van der Waals surface area contributed by atoms with Crippen LogP contribution >= 0.6 is 0 Å². The van der Waals surface area contributed by atoms with E-state index in [-0.39, 0.29) is 0 Å². The van der Waals surface area contributed by atoms with Crippen molar-refractivity contribution in [3.8, 4) is 0 Å². The summed E-state index contributed by atoms with van der Waals surface area (Å²) in [5, 5.41) is 0. The van der Waals surface area contributed by atoms with Gasteiger partial charge in [-0.25, -0.2) is 0 Å². The molecular formula is C16H20. The molecule has 0 fully saturated rings. The van der Waals surface area contributed by atoms with Crippen LogP contribution in [0.15, 0.2) is 35.9 Å². The molecule has 0 aromatic heterocycles. The van der Waals surface area contributed by atoms with Crippen molar-refractivity contribution in [2.75, 3.05) is 0 Å². The van der Waals surface area contributed by atoms with E-state index in [9.17, 15) is 0 Å². The van der Waals surface area contributed by atoms with Gasteiger partial charge in [-0.1, -0.05) is 49.8 Å². The van der Waals surface area contributed by atoms with Crippen LogP contribution in [0.1, 0.15) is 43.4 Å². The van der Waals surface area contributed by atoms with Crippen molar-refractivity contribution in [1.29, 1.82) is 0 Å². The average Bonchev–Trinajstić information content (AvgIpc) is 2.71. The number of hydrogen-bond donors (Lipinski definition) is 0. The van der Waals surface area contributed by atoms with Crippen molar-refractivity contribution in [1.82, 2.24) is 0 Å². The Morgan fingerprint density at radius 3 is 2.75 bits per heavy atom. The Morgan fingerprint density at radius 1 is 1.12 bits per heavy atom. The van der Waals surface area contributed by atoms with Crippen LogP contribution in [0.4, 0.5) is 0 Å². The summed E-state index contributed by atoms with van der Waals surface area (Å²) in [7, 11) is 0. The van der Waals surface area contributed by atoms with Gasteiger partial charge in [-0.3, -0.25) is 0 Å². The Hall–Kier alpha value is -1.30. The lowest BCUT2D eigenvalue weighted by Gasteiger charge is -2.09. The topological polar surface area (TPSA) is 0 Å². The maximum absolute atomic E-state index is 2.32. The summed E-state index contributed by atoms with van der Waals surface area (Å²) >= 11 is 0. The second kappa shape index (κ2) is 4.69. The highest BCUT2D eigenvalue weighted by molar-refractivity contribution is 5.85. The molecule has 0 bridgehead atoms. The molecule has 0 saturated heterocycles. The smallest absolute Gasteiger partial charge is 0.00515 e. The zero-order chi connectivity index (χ0) is 11.5. The Labute approximate surface area is 98.7 Å². The highest BCUT2D eigenvalue weighted by Gasteiger charge is 2.21. The normalized spacial score (nSPS) is 16.4. The number of benzene rings is 1. The molecule has 0 radical (unpaired) electrons. The fourth-order valence-electron chi connectivity index (χ4n) is 2.65. The predicted octanol–water partition coefficient (Wildman–Crippen LogP) is 4.68. The largest absolute Gasteiger partial charge is 0.0836 e. The van der Waals surface area contributed by atoms with Crippen LogP contribution in [0.25, 0.3) is 5.57 Å². The van der Waals surface area contributed by atoms with Crippen molar-refractivity contribution in [3.05, 3.63) is 52.6 Å². The summed E-state index contributed by atoms with van der Waals surface area (Å²) in [5.74, 6) is 0. The maximum Gasteiger partial charge on any atom is -0.00515 e. The van der Waals surface area contributed by atoms with Gasteiger partial charge in [0.05, 0.1) is 0 Å². The third-order valence-electron chi connectivity index (χ3n) is 3.31. The Morgan fingerprint density at radius 2 is 1.94 bits per heavy atom. The van der Waals surface area contributed by atoms with E-state index >= 15 is 0 Å². The Bertz CT molecular complexity index is 447. The lowest BCUT2D eigenvalue weighted by atomic mass is 9.96. The van der Waals surface area contributed by atoms with E-state index in [4.69, 9.17) is 0 Å². The molecule has 0 spiro atoms.